The zero-order valence-corrected chi connectivity index (χ0v) is 9.03. The highest BCUT2D eigenvalue weighted by Gasteiger charge is 2.15. The topological polar surface area (TPSA) is 118 Å². The van der Waals surface area contributed by atoms with Gasteiger partial charge in [0.2, 0.25) is 5.69 Å². The van der Waals surface area contributed by atoms with E-state index in [-0.39, 0.29) is 11.4 Å². The number of anilines is 1. The Morgan fingerprint density at radius 2 is 2.33 bits per heavy atom. The van der Waals surface area contributed by atoms with Gasteiger partial charge in [-0.15, -0.1) is 0 Å². The van der Waals surface area contributed by atoms with Gasteiger partial charge in [0.05, 0.1) is 17.7 Å². The molecular weight excluding hydrogens is 238 g/mol. The highest BCUT2D eigenvalue weighted by molar-refractivity contribution is 5.50. The molecule has 0 saturated heterocycles. The normalized spacial score (nSPS) is 9.72. The van der Waals surface area contributed by atoms with Crippen molar-refractivity contribution in [3.63, 3.8) is 0 Å². The van der Waals surface area contributed by atoms with Crippen LogP contribution < -0.4 is 5.32 Å². The summed E-state index contributed by atoms with van der Waals surface area (Å²) in [6.45, 7) is 0.329. The molecule has 0 saturated carbocycles. The average Bonchev–Trinajstić information content (AvgIpc) is 2.88. The lowest BCUT2D eigenvalue weighted by Gasteiger charge is -2.03. The van der Waals surface area contributed by atoms with Gasteiger partial charge in [0.25, 0.3) is 0 Å². The predicted molar refractivity (Wildman–Crippen MR) is 59.4 cm³/mol. The molecule has 0 radical (unpaired) electrons. The van der Waals surface area contributed by atoms with Gasteiger partial charge in [0.1, 0.15) is 11.9 Å². The molecule has 8 heteroatoms. The van der Waals surface area contributed by atoms with Crippen molar-refractivity contribution in [2.75, 3.05) is 5.32 Å². The number of nitro groups is 1. The van der Waals surface area contributed by atoms with Crippen molar-refractivity contribution in [2.45, 2.75) is 6.54 Å². The molecule has 0 aromatic carbocycles. The van der Waals surface area contributed by atoms with Crippen LogP contribution in [0, 0.1) is 21.4 Å². The maximum Gasteiger partial charge on any atom is 0.305 e. The zero-order chi connectivity index (χ0) is 13.0. The predicted octanol–water partition coefficient (Wildman–Crippen LogP) is 1.46. The minimum Gasteiger partial charge on any atom is -0.363 e. The molecule has 2 heterocycles. The van der Waals surface area contributed by atoms with Crippen LogP contribution in [0.1, 0.15) is 11.5 Å². The van der Waals surface area contributed by atoms with Gasteiger partial charge in [-0.3, -0.25) is 10.1 Å². The molecule has 2 aromatic rings. The second-order valence-electron chi connectivity index (χ2n) is 3.27. The van der Waals surface area contributed by atoms with E-state index in [4.69, 9.17) is 9.78 Å². The van der Waals surface area contributed by atoms with E-state index in [2.05, 4.69) is 15.5 Å². The number of hydrogen-bond acceptors (Lipinski definition) is 7. The van der Waals surface area contributed by atoms with Gasteiger partial charge in [-0.2, -0.15) is 5.26 Å². The van der Waals surface area contributed by atoms with Gasteiger partial charge >= 0.3 is 5.69 Å². The van der Waals surface area contributed by atoms with E-state index in [9.17, 15) is 10.1 Å². The number of nitriles is 1. The van der Waals surface area contributed by atoms with Crippen molar-refractivity contribution in [2.24, 2.45) is 0 Å². The maximum atomic E-state index is 10.6. The van der Waals surface area contributed by atoms with Crippen LogP contribution in [0.2, 0.25) is 0 Å². The molecule has 0 atom stereocenters. The van der Waals surface area contributed by atoms with Crippen molar-refractivity contribution in [1.82, 2.24) is 10.1 Å². The third kappa shape index (κ3) is 2.41. The standard InChI is InChI=1S/C10H7N5O3/c11-5-8-9(15(16)17)1-2-10(14-8)12-6-7-3-4-13-18-7/h1-4H,6H2,(H,12,14). The van der Waals surface area contributed by atoms with Gasteiger partial charge in [0, 0.05) is 12.1 Å². The van der Waals surface area contributed by atoms with Crippen molar-refractivity contribution in [3.05, 3.63) is 46.0 Å². The van der Waals surface area contributed by atoms with Gasteiger partial charge in [-0.1, -0.05) is 5.16 Å². The van der Waals surface area contributed by atoms with Gasteiger partial charge in [0.15, 0.2) is 5.76 Å². The first-order chi connectivity index (χ1) is 8.70. The first-order valence-electron chi connectivity index (χ1n) is 4.89. The lowest BCUT2D eigenvalue weighted by atomic mass is 10.3. The fourth-order valence-corrected chi connectivity index (χ4v) is 1.29. The molecule has 0 fully saturated rings. The van der Waals surface area contributed by atoms with Crippen LogP contribution in [0.25, 0.3) is 0 Å². The molecular formula is C10H7N5O3. The van der Waals surface area contributed by atoms with E-state index in [1.54, 1.807) is 12.1 Å². The van der Waals surface area contributed by atoms with Crippen LogP contribution in [0.4, 0.5) is 11.5 Å². The Bertz CT molecular complexity index is 602. The van der Waals surface area contributed by atoms with E-state index in [0.717, 1.165) is 0 Å². The third-order valence-corrected chi connectivity index (χ3v) is 2.11. The SMILES string of the molecule is N#Cc1nc(NCc2ccno2)ccc1[N+](=O)[O-]. The van der Waals surface area contributed by atoms with Crippen LogP contribution in [0.5, 0.6) is 0 Å². The van der Waals surface area contributed by atoms with Crippen molar-refractivity contribution >= 4 is 11.5 Å². The zero-order valence-electron chi connectivity index (χ0n) is 9.03. The Balaban J connectivity index is 2.15. The van der Waals surface area contributed by atoms with Crippen molar-refractivity contribution in [3.8, 4) is 6.07 Å². The molecule has 0 amide bonds. The average molecular weight is 245 g/mol. The first kappa shape index (κ1) is 11.5. The number of pyridine rings is 1. The molecule has 1 N–H and O–H groups in total. The summed E-state index contributed by atoms with van der Waals surface area (Å²) in [5.74, 6) is 0.946. The Morgan fingerprint density at radius 1 is 1.50 bits per heavy atom. The number of hydrogen-bond donors (Lipinski definition) is 1. The van der Waals surface area contributed by atoms with E-state index in [1.165, 1.54) is 18.3 Å². The molecule has 0 bridgehead atoms. The smallest absolute Gasteiger partial charge is 0.305 e. The minimum atomic E-state index is -0.647. The molecule has 0 aliphatic rings. The van der Waals surface area contributed by atoms with E-state index >= 15 is 0 Å². The van der Waals surface area contributed by atoms with E-state index < -0.39 is 4.92 Å². The number of nitrogens with zero attached hydrogens (tertiary/aromatic N) is 4. The quantitative estimate of drug-likeness (QED) is 0.639. The van der Waals surface area contributed by atoms with Crippen molar-refractivity contribution < 1.29 is 9.45 Å². The molecule has 0 aliphatic carbocycles. The van der Waals surface area contributed by atoms with Crippen LogP contribution in [-0.2, 0) is 6.54 Å². The summed E-state index contributed by atoms with van der Waals surface area (Å²) in [6.07, 6.45) is 1.50. The lowest BCUT2D eigenvalue weighted by Crippen LogP contribution is -2.03. The lowest BCUT2D eigenvalue weighted by molar-refractivity contribution is -0.385. The summed E-state index contributed by atoms with van der Waals surface area (Å²) >= 11 is 0. The Morgan fingerprint density at radius 3 is 2.94 bits per heavy atom. The van der Waals surface area contributed by atoms with Gasteiger partial charge in [-0.25, -0.2) is 4.98 Å². The summed E-state index contributed by atoms with van der Waals surface area (Å²) in [4.78, 5) is 13.8. The Hall–Kier alpha value is -2.95. The molecule has 0 aliphatic heterocycles. The summed E-state index contributed by atoms with van der Waals surface area (Å²) < 4.78 is 4.86. The van der Waals surface area contributed by atoms with Gasteiger partial charge in [-0.05, 0) is 6.07 Å². The van der Waals surface area contributed by atoms with Crippen molar-refractivity contribution in [1.29, 1.82) is 5.26 Å². The van der Waals surface area contributed by atoms with E-state index in [1.807, 2.05) is 0 Å². The third-order valence-electron chi connectivity index (χ3n) is 2.11. The van der Waals surface area contributed by atoms with Gasteiger partial charge < -0.3 is 9.84 Å². The maximum absolute atomic E-state index is 10.6. The second kappa shape index (κ2) is 4.92. The molecule has 0 spiro atoms. The fourth-order valence-electron chi connectivity index (χ4n) is 1.29. The minimum absolute atomic E-state index is 0.234. The molecule has 18 heavy (non-hydrogen) atoms. The summed E-state index contributed by atoms with van der Waals surface area (Å²) in [7, 11) is 0. The van der Waals surface area contributed by atoms with Crippen LogP contribution in [0.3, 0.4) is 0 Å². The van der Waals surface area contributed by atoms with Crippen LogP contribution in [0.15, 0.2) is 28.9 Å². The van der Waals surface area contributed by atoms with Crippen LogP contribution >= 0.6 is 0 Å². The number of nitrogens with one attached hydrogen (secondary N) is 1. The summed E-state index contributed by atoms with van der Waals surface area (Å²) in [5, 5.41) is 25.8. The Kier molecular flexibility index (Phi) is 3.15. The molecule has 2 aromatic heterocycles. The van der Waals surface area contributed by atoms with Crippen LogP contribution in [-0.4, -0.2) is 15.1 Å². The Labute approximate surface area is 101 Å². The first-order valence-corrected chi connectivity index (χ1v) is 4.89. The second-order valence-corrected chi connectivity index (χ2v) is 3.27. The number of aromatic nitrogens is 2. The molecule has 0 unspecified atom stereocenters. The van der Waals surface area contributed by atoms with E-state index in [0.29, 0.717) is 18.1 Å². The molecule has 90 valence electrons. The highest BCUT2D eigenvalue weighted by Crippen LogP contribution is 2.18. The summed E-state index contributed by atoms with van der Waals surface area (Å²) in [5.41, 5.74) is -0.551. The summed E-state index contributed by atoms with van der Waals surface area (Å²) in [6, 6.07) is 6.01. The largest absolute Gasteiger partial charge is 0.363 e. The number of rotatable bonds is 4. The molecule has 2 rings (SSSR count). The highest BCUT2D eigenvalue weighted by atomic mass is 16.6. The molecule has 8 nitrogen and oxygen atoms in total. The monoisotopic (exact) mass is 245 g/mol. The fraction of sp³-hybridized carbons (Fsp3) is 0.100.